The first-order chi connectivity index (χ1) is 19.9. The number of thiazole rings is 1. The van der Waals surface area contributed by atoms with E-state index in [0.717, 1.165) is 10.4 Å². The van der Waals surface area contributed by atoms with E-state index in [4.69, 9.17) is 14.5 Å². The molecular formula is C31H50N4O6S2. The predicted octanol–water partition coefficient (Wildman–Crippen LogP) is 7.00. The second kappa shape index (κ2) is 16.4. The van der Waals surface area contributed by atoms with Crippen LogP contribution < -0.4 is 15.2 Å². The summed E-state index contributed by atoms with van der Waals surface area (Å²) in [5.41, 5.74) is 4.67. The maximum Gasteiger partial charge on any atom is 0.410 e. The number of primary amides is 1. The lowest BCUT2D eigenvalue weighted by atomic mass is 9.90. The average molecular weight is 639 g/mol. The van der Waals surface area contributed by atoms with E-state index in [1.165, 1.54) is 42.0 Å². The fourth-order valence-electron chi connectivity index (χ4n) is 4.20. The van der Waals surface area contributed by atoms with Crippen molar-refractivity contribution in [1.82, 2.24) is 14.6 Å². The molecule has 43 heavy (non-hydrogen) atoms. The summed E-state index contributed by atoms with van der Waals surface area (Å²) >= 11 is 1.71. The lowest BCUT2D eigenvalue weighted by Gasteiger charge is -2.24. The highest BCUT2D eigenvalue weighted by Gasteiger charge is 2.23. The molecule has 12 heteroatoms. The number of aromatic nitrogens is 1. The van der Waals surface area contributed by atoms with Gasteiger partial charge in [-0.25, -0.2) is 23.5 Å². The zero-order valence-electron chi connectivity index (χ0n) is 27.2. The van der Waals surface area contributed by atoms with Gasteiger partial charge in [-0.15, -0.1) is 11.3 Å². The van der Waals surface area contributed by atoms with Crippen molar-refractivity contribution in [3.8, 4) is 16.2 Å². The van der Waals surface area contributed by atoms with Crippen LogP contribution >= 0.6 is 11.3 Å². The minimum absolute atomic E-state index is 0.0995. The third-order valence-electron chi connectivity index (χ3n) is 6.05. The summed E-state index contributed by atoms with van der Waals surface area (Å²) in [6, 6.07) is 5.68. The smallest absolute Gasteiger partial charge is 0.410 e. The van der Waals surface area contributed by atoms with Crippen LogP contribution in [0.2, 0.25) is 0 Å². The monoisotopic (exact) mass is 638 g/mol. The molecule has 3 N–H and O–H groups in total. The normalized spacial score (nSPS) is 14.8. The Morgan fingerprint density at radius 3 is 2.33 bits per heavy atom. The lowest BCUT2D eigenvalue weighted by molar-refractivity contribution is 0.0278. The van der Waals surface area contributed by atoms with Crippen molar-refractivity contribution >= 4 is 34.5 Å². The van der Waals surface area contributed by atoms with Crippen LogP contribution in [0.5, 0.6) is 5.75 Å². The molecule has 1 heterocycles. The Morgan fingerprint density at radius 2 is 1.79 bits per heavy atom. The van der Waals surface area contributed by atoms with Crippen LogP contribution in [0.25, 0.3) is 10.4 Å². The van der Waals surface area contributed by atoms with E-state index >= 15 is 0 Å². The van der Waals surface area contributed by atoms with Gasteiger partial charge in [0.25, 0.3) is 0 Å². The molecule has 0 spiro atoms. The largest absolute Gasteiger partial charge is 0.492 e. The van der Waals surface area contributed by atoms with Crippen LogP contribution in [-0.4, -0.2) is 63.7 Å². The van der Waals surface area contributed by atoms with Gasteiger partial charge in [-0.3, -0.25) is 0 Å². The van der Waals surface area contributed by atoms with Crippen molar-refractivity contribution in [2.75, 3.05) is 20.2 Å². The first-order valence-corrected chi connectivity index (χ1v) is 16.7. The van der Waals surface area contributed by atoms with E-state index < -0.39 is 28.8 Å². The van der Waals surface area contributed by atoms with Gasteiger partial charge < -0.3 is 24.8 Å². The molecule has 10 nitrogen and oxygen atoms in total. The molecule has 1 aromatic heterocycles. The molecule has 1 aromatic carbocycles. The molecule has 1 aliphatic carbocycles. The number of carbonyl (C=O) groups excluding carboxylic acids is 2. The molecule has 0 saturated heterocycles. The first kappa shape index (κ1) is 36.5. The summed E-state index contributed by atoms with van der Waals surface area (Å²) in [7, 11) is 0.243. The van der Waals surface area contributed by atoms with Crippen molar-refractivity contribution in [3.63, 3.8) is 0 Å². The van der Waals surface area contributed by atoms with E-state index in [1.807, 2.05) is 65.9 Å². The predicted molar refractivity (Wildman–Crippen MR) is 173 cm³/mol. The molecule has 3 rings (SSSR count). The molecule has 1 fully saturated rings. The maximum atomic E-state index is 13.4. The van der Waals surface area contributed by atoms with Crippen LogP contribution in [0.4, 0.5) is 9.59 Å². The number of hydrogen-bond acceptors (Lipinski definition) is 8. The van der Waals surface area contributed by atoms with Crippen molar-refractivity contribution in [2.45, 2.75) is 116 Å². The highest BCUT2D eigenvalue weighted by molar-refractivity contribution is 7.83. The van der Waals surface area contributed by atoms with Gasteiger partial charge in [-0.1, -0.05) is 19.3 Å². The summed E-state index contributed by atoms with van der Waals surface area (Å²) in [6.45, 7) is 15.6. The number of hydrogen-bond donors (Lipinski definition) is 2. The molecule has 1 atom stereocenters. The summed E-state index contributed by atoms with van der Waals surface area (Å²) in [6.07, 6.45) is 6.94. The second-order valence-corrected chi connectivity index (χ2v) is 15.2. The number of likely N-dealkylation sites (N-methyl/N-ethyl adjacent to an activating group) is 1. The zero-order valence-corrected chi connectivity index (χ0v) is 28.8. The van der Waals surface area contributed by atoms with E-state index in [1.54, 1.807) is 32.2 Å². The Morgan fingerprint density at radius 1 is 1.14 bits per heavy atom. The number of amides is 2. The molecule has 0 radical (unpaired) electrons. The summed E-state index contributed by atoms with van der Waals surface area (Å²) < 4.78 is 32.3. The summed E-state index contributed by atoms with van der Waals surface area (Å²) in [5, 5.41) is 1.18. The Hall–Kier alpha value is -2.70. The van der Waals surface area contributed by atoms with Crippen LogP contribution in [0.1, 0.15) is 98.4 Å². The van der Waals surface area contributed by atoms with Gasteiger partial charge in [0, 0.05) is 30.3 Å². The van der Waals surface area contributed by atoms with Gasteiger partial charge >= 0.3 is 12.2 Å². The number of nitrogens with zero attached hydrogens (tertiary/aromatic N) is 2. The molecule has 0 bridgehead atoms. The van der Waals surface area contributed by atoms with Gasteiger partial charge in [-0.05, 0) is 86.4 Å². The van der Waals surface area contributed by atoms with Crippen molar-refractivity contribution in [2.24, 2.45) is 5.73 Å². The van der Waals surface area contributed by atoms with Crippen molar-refractivity contribution in [1.29, 1.82) is 0 Å². The Bertz CT molecular complexity index is 1210. The van der Waals surface area contributed by atoms with Gasteiger partial charge in [0.05, 0.1) is 27.4 Å². The molecule has 242 valence electrons. The summed E-state index contributed by atoms with van der Waals surface area (Å²) in [4.78, 5) is 29.9. The molecule has 1 aliphatic rings. The van der Waals surface area contributed by atoms with Gasteiger partial charge in [0.2, 0.25) is 0 Å². The summed E-state index contributed by atoms with van der Waals surface area (Å²) in [5.74, 6) is 1.14. The van der Waals surface area contributed by atoms with E-state index in [-0.39, 0.29) is 11.6 Å². The Labute approximate surface area is 263 Å². The van der Waals surface area contributed by atoms with E-state index in [9.17, 15) is 13.8 Å². The van der Waals surface area contributed by atoms with Gasteiger partial charge in [-0.2, -0.15) is 0 Å². The van der Waals surface area contributed by atoms with Crippen LogP contribution in [0.15, 0.2) is 29.3 Å². The number of benzene rings is 1. The minimum atomic E-state index is -1.44. The molecular weight excluding hydrogens is 588 g/mol. The quantitative estimate of drug-likeness (QED) is 0.302. The van der Waals surface area contributed by atoms with Crippen LogP contribution in [0.3, 0.4) is 0 Å². The minimum Gasteiger partial charge on any atom is -0.492 e. The van der Waals surface area contributed by atoms with Crippen molar-refractivity contribution < 1.29 is 28.0 Å². The third kappa shape index (κ3) is 13.6. The topological polar surface area (TPSA) is 133 Å². The molecule has 2 aromatic rings. The third-order valence-corrected chi connectivity index (χ3v) is 8.78. The first-order valence-electron chi connectivity index (χ1n) is 14.8. The van der Waals surface area contributed by atoms with E-state index in [0.29, 0.717) is 29.7 Å². The highest BCUT2D eigenvalue weighted by atomic mass is 32.2. The molecule has 1 unspecified atom stereocenters. The fourth-order valence-corrected chi connectivity index (χ4v) is 6.65. The second-order valence-electron chi connectivity index (χ2n) is 12.9. The van der Waals surface area contributed by atoms with Crippen LogP contribution in [-0.2, 0) is 20.5 Å². The lowest BCUT2D eigenvalue weighted by Crippen LogP contribution is -2.37. The van der Waals surface area contributed by atoms with Crippen LogP contribution in [0, 0.1) is 0 Å². The fraction of sp³-hybridized carbons (Fsp3) is 0.645. The van der Waals surface area contributed by atoms with Gasteiger partial charge in [0.15, 0.2) is 0 Å². The molecule has 1 saturated carbocycles. The Balaban J connectivity index is 0.000000821. The highest BCUT2D eigenvalue weighted by Crippen LogP contribution is 2.39. The van der Waals surface area contributed by atoms with E-state index in [2.05, 4.69) is 15.2 Å². The number of rotatable bonds is 9. The molecule has 2 amide bonds. The number of ether oxygens (including phenoxy) is 3. The maximum absolute atomic E-state index is 13.4. The zero-order chi connectivity index (χ0) is 32.4. The Kier molecular flexibility index (Phi) is 13.9. The number of carbonyl (C=O) groups is 2. The average Bonchev–Trinajstić information content (AvgIpc) is 3.37. The SMILES string of the molecule is CC(C)OC(N)=O.CN(CCOc1ccc(-c2cnc(C3CCCCC3)s2)c(S(=O)NC(C)(C)C)c1)C(=O)OC(C)(C)C. The number of nitrogens with two attached hydrogens (primary N) is 1. The standard InChI is InChI=1S/C27H41N3O4S2.C4H9NO2/c1-26(2,3)29-36(32)23-17-20(33-16-15-30(7)25(31)34-27(4,5)6)13-14-21(23)22-18-28-24(35-22)19-11-9-8-10-12-19;1-3(2)7-4(5)6/h13-14,17-19,29H,8-12,15-16H2,1-7H3;3H,1-2H3,(H2,5,6). The van der Waals surface area contributed by atoms with Crippen molar-refractivity contribution in [3.05, 3.63) is 29.4 Å². The number of nitrogens with one attached hydrogen (secondary N) is 1. The molecule has 0 aliphatic heterocycles. The van der Waals surface area contributed by atoms with Gasteiger partial charge in [0.1, 0.15) is 28.9 Å².